The molecule has 29 heavy (non-hydrogen) atoms. The number of nitrogens with zero attached hydrogens (tertiary/aromatic N) is 2. The molecule has 1 aliphatic rings. The summed E-state index contributed by atoms with van der Waals surface area (Å²) in [5, 5.41) is 0.852. The third kappa shape index (κ3) is 3.65. The van der Waals surface area contributed by atoms with Crippen molar-refractivity contribution in [2.75, 3.05) is 19.9 Å². The molecule has 0 saturated heterocycles. The van der Waals surface area contributed by atoms with Gasteiger partial charge in [-0.25, -0.2) is 17.8 Å². The van der Waals surface area contributed by atoms with Crippen molar-refractivity contribution in [2.45, 2.75) is 19.4 Å². The lowest BCUT2D eigenvalue weighted by atomic mass is 10.00. The fraction of sp³-hybridized carbons (Fsp3) is 0.286. The first-order valence-corrected chi connectivity index (χ1v) is 11.1. The molecule has 1 aliphatic heterocycles. The number of ether oxygens (including phenoxy) is 1. The molecule has 0 spiro atoms. The smallest absolute Gasteiger partial charge is 0.211 e. The standard InChI is InChI=1S/C21H22FN3O3S/c1-13-10-14(7-9-25(13)29(3,26)27)19-12-18-16(6-8-23-21(18)24-19)17-11-15(22)4-5-20(17)28-2/h4-6,8,10-13H,7,9H2,1-3H3,(H,23,24)/t13-/m1/s1. The molecular weight excluding hydrogens is 393 g/mol. The predicted molar refractivity (Wildman–Crippen MR) is 112 cm³/mol. The van der Waals surface area contributed by atoms with E-state index < -0.39 is 10.0 Å². The molecule has 3 heterocycles. The van der Waals surface area contributed by atoms with Crippen molar-refractivity contribution in [3.63, 3.8) is 0 Å². The van der Waals surface area contributed by atoms with Gasteiger partial charge in [-0.2, -0.15) is 4.31 Å². The molecule has 1 aromatic carbocycles. The van der Waals surface area contributed by atoms with Gasteiger partial charge in [-0.1, -0.05) is 6.08 Å². The average molecular weight is 415 g/mol. The SMILES string of the molecule is COc1ccc(F)cc1-c1ccnc2[nH]c(C3=C[C@@H](C)N(S(C)(=O)=O)CC3)cc12. The third-order valence-electron chi connectivity index (χ3n) is 5.25. The molecule has 1 N–H and O–H groups in total. The largest absolute Gasteiger partial charge is 0.496 e. The zero-order valence-electron chi connectivity index (χ0n) is 16.4. The maximum atomic E-state index is 13.9. The number of H-pyrrole nitrogens is 1. The van der Waals surface area contributed by atoms with Crippen molar-refractivity contribution >= 4 is 26.6 Å². The Kier molecular flexibility index (Phi) is 4.92. The van der Waals surface area contributed by atoms with Gasteiger partial charge in [0.05, 0.1) is 13.4 Å². The number of hydrogen-bond donors (Lipinski definition) is 1. The van der Waals surface area contributed by atoms with Crippen molar-refractivity contribution in [3.8, 4) is 16.9 Å². The summed E-state index contributed by atoms with van der Waals surface area (Å²) in [5.41, 5.74) is 4.07. The van der Waals surface area contributed by atoms with Crippen LogP contribution in [-0.4, -0.2) is 48.6 Å². The summed E-state index contributed by atoms with van der Waals surface area (Å²) < 4.78 is 44.6. The molecule has 0 radical (unpaired) electrons. The number of benzene rings is 1. The molecule has 0 saturated carbocycles. The van der Waals surface area contributed by atoms with E-state index in [9.17, 15) is 12.8 Å². The highest BCUT2D eigenvalue weighted by Crippen LogP contribution is 2.37. The van der Waals surface area contributed by atoms with E-state index in [1.165, 1.54) is 22.7 Å². The van der Waals surface area contributed by atoms with Gasteiger partial charge in [-0.15, -0.1) is 0 Å². The van der Waals surface area contributed by atoms with E-state index in [-0.39, 0.29) is 11.9 Å². The van der Waals surface area contributed by atoms with E-state index >= 15 is 0 Å². The van der Waals surface area contributed by atoms with Gasteiger partial charge in [0.1, 0.15) is 17.2 Å². The van der Waals surface area contributed by atoms with Crippen molar-refractivity contribution in [1.29, 1.82) is 0 Å². The molecule has 4 rings (SSSR count). The van der Waals surface area contributed by atoms with Gasteiger partial charge in [0.15, 0.2) is 0 Å². The van der Waals surface area contributed by atoms with Crippen LogP contribution in [0, 0.1) is 5.82 Å². The van der Waals surface area contributed by atoms with Gasteiger partial charge in [-0.05, 0) is 54.8 Å². The van der Waals surface area contributed by atoms with Gasteiger partial charge in [0, 0.05) is 35.4 Å². The second-order valence-corrected chi connectivity index (χ2v) is 9.14. The first-order valence-electron chi connectivity index (χ1n) is 9.27. The van der Waals surface area contributed by atoms with Crippen molar-refractivity contribution in [2.24, 2.45) is 0 Å². The molecule has 0 fully saturated rings. The second-order valence-electron chi connectivity index (χ2n) is 7.20. The maximum absolute atomic E-state index is 13.9. The van der Waals surface area contributed by atoms with Crippen LogP contribution >= 0.6 is 0 Å². The number of aromatic amines is 1. The van der Waals surface area contributed by atoms with Crippen LogP contribution in [0.2, 0.25) is 0 Å². The Bertz CT molecular complexity index is 1220. The van der Waals surface area contributed by atoms with E-state index in [1.807, 2.05) is 25.1 Å². The molecule has 3 aromatic rings. The summed E-state index contributed by atoms with van der Waals surface area (Å²) in [7, 11) is -1.69. The lowest BCUT2D eigenvalue weighted by Crippen LogP contribution is -2.40. The highest BCUT2D eigenvalue weighted by molar-refractivity contribution is 7.88. The number of nitrogens with one attached hydrogen (secondary N) is 1. The summed E-state index contributed by atoms with van der Waals surface area (Å²) in [6, 6.07) is 8.01. The topological polar surface area (TPSA) is 75.3 Å². The fourth-order valence-electron chi connectivity index (χ4n) is 3.91. The van der Waals surface area contributed by atoms with Crippen LogP contribution in [0.4, 0.5) is 4.39 Å². The Morgan fingerprint density at radius 3 is 2.72 bits per heavy atom. The van der Waals surface area contributed by atoms with Crippen LogP contribution < -0.4 is 4.74 Å². The number of halogens is 1. The maximum Gasteiger partial charge on any atom is 0.211 e. The van der Waals surface area contributed by atoms with E-state index in [0.717, 1.165) is 22.2 Å². The number of methoxy groups -OCH3 is 1. The number of aromatic nitrogens is 2. The summed E-state index contributed by atoms with van der Waals surface area (Å²) >= 11 is 0. The lowest BCUT2D eigenvalue weighted by Gasteiger charge is -2.29. The molecule has 8 heteroatoms. The van der Waals surface area contributed by atoms with E-state index in [0.29, 0.717) is 29.9 Å². The molecule has 1 atom stereocenters. The summed E-state index contributed by atoms with van der Waals surface area (Å²) in [5.74, 6) is 0.238. The Morgan fingerprint density at radius 1 is 1.24 bits per heavy atom. The van der Waals surface area contributed by atoms with Crippen molar-refractivity contribution in [1.82, 2.24) is 14.3 Å². The first kappa shape index (κ1) is 19.6. The summed E-state index contributed by atoms with van der Waals surface area (Å²) in [6.45, 7) is 2.29. The van der Waals surface area contributed by atoms with Gasteiger partial charge < -0.3 is 9.72 Å². The highest BCUT2D eigenvalue weighted by atomic mass is 32.2. The molecule has 0 aliphatic carbocycles. The Labute approximate surface area is 169 Å². The Hall–Kier alpha value is -2.71. The van der Waals surface area contributed by atoms with Crippen molar-refractivity contribution < 1.29 is 17.5 Å². The number of hydrogen-bond acceptors (Lipinski definition) is 4. The van der Waals surface area contributed by atoms with Crippen molar-refractivity contribution in [3.05, 3.63) is 54.1 Å². The van der Waals surface area contributed by atoms with Gasteiger partial charge >= 0.3 is 0 Å². The lowest BCUT2D eigenvalue weighted by molar-refractivity contribution is 0.377. The van der Waals surface area contributed by atoms with Crippen LogP contribution in [0.3, 0.4) is 0 Å². The second kappa shape index (κ2) is 7.27. The molecule has 2 aromatic heterocycles. The minimum atomic E-state index is -3.24. The number of rotatable bonds is 4. The molecular formula is C21H22FN3O3S. The molecule has 0 amide bonds. The normalized spacial score (nSPS) is 18.1. The minimum absolute atomic E-state index is 0.226. The van der Waals surface area contributed by atoms with Gasteiger partial charge in [0.25, 0.3) is 0 Å². The highest BCUT2D eigenvalue weighted by Gasteiger charge is 2.27. The number of fused-ring (bicyclic) bond motifs is 1. The van der Waals surface area contributed by atoms with E-state index in [1.54, 1.807) is 19.4 Å². The Balaban J connectivity index is 1.80. The zero-order chi connectivity index (χ0) is 20.8. The molecule has 0 unspecified atom stereocenters. The van der Waals surface area contributed by atoms with E-state index in [2.05, 4.69) is 9.97 Å². The van der Waals surface area contributed by atoms with Crippen LogP contribution in [-0.2, 0) is 10.0 Å². The summed E-state index contributed by atoms with van der Waals surface area (Å²) in [4.78, 5) is 7.73. The quantitative estimate of drug-likeness (QED) is 0.703. The third-order valence-corrected chi connectivity index (χ3v) is 6.62. The zero-order valence-corrected chi connectivity index (χ0v) is 17.3. The average Bonchev–Trinajstić information content (AvgIpc) is 3.11. The fourth-order valence-corrected chi connectivity index (χ4v) is 5.00. The minimum Gasteiger partial charge on any atom is -0.496 e. The Morgan fingerprint density at radius 2 is 2.03 bits per heavy atom. The molecule has 6 nitrogen and oxygen atoms in total. The predicted octanol–water partition coefficient (Wildman–Crippen LogP) is 3.81. The monoisotopic (exact) mass is 415 g/mol. The van der Waals surface area contributed by atoms with E-state index in [4.69, 9.17) is 4.74 Å². The van der Waals surface area contributed by atoms with Crippen LogP contribution in [0.25, 0.3) is 27.7 Å². The van der Waals surface area contributed by atoms with Gasteiger partial charge in [0.2, 0.25) is 10.0 Å². The summed E-state index contributed by atoms with van der Waals surface area (Å²) in [6.07, 6.45) is 5.46. The molecule has 0 bridgehead atoms. The first-order chi connectivity index (χ1) is 13.8. The number of sulfonamides is 1. The van der Waals surface area contributed by atoms with Crippen LogP contribution in [0.1, 0.15) is 19.0 Å². The number of pyridine rings is 1. The van der Waals surface area contributed by atoms with Crippen LogP contribution in [0.5, 0.6) is 5.75 Å². The van der Waals surface area contributed by atoms with Crippen LogP contribution in [0.15, 0.2) is 42.6 Å². The molecule has 152 valence electrons. The van der Waals surface area contributed by atoms with Gasteiger partial charge in [-0.3, -0.25) is 0 Å².